The molecular formula is C23H31NO4. The second-order valence-corrected chi connectivity index (χ2v) is 6.78. The number of unbranched alkanes of at least 4 members (excludes halogenated alkanes) is 1. The van der Waals surface area contributed by atoms with E-state index in [0.29, 0.717) is 6.54 Å². The van der Waals surface area contributed by atoms with Crippen molar-refractivity contribution in [2.75, 3.05) is 13.9 Å². The monoisotopic (exact) mass is 385 g/mol. The van der Waals surface area contributed by atoms with Gasteiger partial charge in [0.15, 0.2) is 0 Å². The largest absolute Gasteiger partial charge is 0.443 e. The molecule has 0 aliphatic heterocycles. The van der Waals surface area contributed by atoms with Gasteiger partial charge in [0, 0.05) is 13.7 Å². The third-order valence-electron chi connectivity index (χ3n) is 4.58. The zero-order chi connectivity index (χ0) is 20.2. The predicted octanol–water partition coefficient (Wildman–Crippen LogP) is 5.14. The molecule has 5 nitrogen and oxygen atoms in total. The molecule has 0 aromatic heterocycles. The van der Waals surface area contributed by atoms with Gasteiger partial charge in [-0.1, -0.05) is 67.9 Å². The first-order chi connectivity index (χ1) is 13.7. The molecule has 0 heterocycles. The first-order valence-corrected chi connectivity index (χ1v) is 9.80. The standard InChI is InChI=1S/C23H31NO4/c1-4-5-15-21(28-23(25)24-16-19-12-7-6-8-13-19)22(27-17-26-3)20-14-10-9-11-18(20)2/h6-14,21-22H,4-5,15-17H2,1-3H3,(H,24,25). The molecule has 0 saturated heterocycles. The van der Waals surface area contributed by atoms with Gasteiger partial charge in [0.25, 0.3) is 0 Å². The van der Waals surface area contributed by atoms with Crippen molar-refractivity contribution in [2.24, 2.45) is 0 Å². The van der Waals surface area contributed by atoms with Gasteiger partial charge in [0.1, 0.15) is 19.0 Å². The molecule has 0 spiro atoms. The van der Waals surface area contributed by atoms with Crippen LogP contribution in [0.25, 0.3) is 0 Å². The van der Waals surface area contributed by atoms with Crippen molar-refractivity contribution in [1.82, 2.24) is 5.32 Å². The number of carbonyl (C=O) groups is 1. The maximum Gasteiger partial charge on any atom is 0.407 e. The fourth-order valence-electron chi connectivity index (χ4n) is 3.07. The molecule has 1 amide bonds. The fraction of sp³-hybridized carbons (Fsp3) is 0.435. The number of alkyl carbamates (subject to hydrolysis) is 1. The highest BCUT2D eigenvalue weighted by atomic mass is 16.7. The minimum Gasteiger partial charge on any atom is -0.443 e. The molecule has 2 aromatic carbocycles. The summed E-state index contributed by atoms with van der Waals surface area (Å²) in [4.78, 5) is 12.5. The van der Waals surface area contributed by atoms with Gasteiger partial charge in [0.05, 0.1) is 0 Å². The lowest BCUT2D eigenvalue weighted by atomic mass is 9.96. The summed E-state index contributed by atoms with van der Waals surface area (Å²) < 4.78 is 16.9. The van der Waals surface area contributed by atoms with Crippen LogP contribution in [0.3, 0.4) is 0 Å². The third kappa shape index (κ3) is 6.98. The van der Waals surface area contributed by atoms with Crippen LogP contribution in [-0.2, 0) is 20.8 Å². The Balaban J connectivity index is 2.10. The molecule has 0 aliphatic carbocycles. The van der Waals surface area contributed by atoms with Gasteiger partial charge < -0.3 is 19.5 Å². The van der Waals surface area contributed by atoms with E-state index in [-0.39, 0.29) is 12.9 Å². The zero-order valence-electron chi connectivity index (χ0n) is 17.0. The minimum atomic E-state index is -0.440. The van der Waals surface area contributed by atoms with Crippen molar-refractivity contribution in [3.8, 4) is 0 Å². The first-order valence-electron chi connectivity index (χ1n) is 9.80. The number of hydrogen-bond acceptors (Lipinski definition) is 4. The quantitative estimate of drug-likeness (QED) is 0.544. The highest BCUT2D eigenvalue weighted by Crippen LogP contribution is 2.29. The Kier molecular flexibility index (Phi) is 9.52. The minimum absolute atomic E-state index is 0.136. The maximum absolute atomic E-state index is 12.5. The SMILES string of the molecule is CCCCC(OC(=O)NCc1ccccc1)C(OCOC)c1ccccc1C. The molecule has 0 aliphatic rings. The summed E-state index contributed by atoms with van der Waals surface area (Å²) in [5.41, 5.74) is 3.13. The Hall–Kier alpha value is -2.37. The van der Waals surface area contributed by atoms with E-state index in [9.17, 15) is 4.79 Å². The molecular weight excluding hydrogens is 354 g/mol. The number of rotatable bonds is 11. The van der Waals surface area contributed by atoms with Gasteiger partial charge in [0.2, 0.25) is 0 Å². The highest BCUT2D eigenvalue weighted by Gasteiger charge is 2.28. The van der Waals surface area contributed by atoms with Crippen LogP contribution in [0.1, 0.15) is 49.0 Å². The number of ether oxygens (including phenoxy) is 3. The Labute approximate surface area is 168 Å². The van der Waals surface area contributed by atoms with Gasteiger partial charge in [-0.25, -0.2) is 4.79 Å². The molecule has 0 saturated carbocycles. The van der Waals surface area contributed by atoms with Gasteiger partial charge in [-0.3, -0.25) is 0 Å². The van der Waals surface area contributed by atoms with Gasteiger partial charge in [-0.05, 0) is 36.5 Å². The number of amides is 1. The summed E-state index contributed by atoms with van der Waals surface area (Å²) in [5, 5.41) is 2.83. The lowest BCUT2D eigenvalue weighted by Crippen LogP contribution is -2.33. The van der Waals surface area contributed by atoms with Gasteiger partial charge in [-0.15, -0.1) is 0 Å². The molecule has 152 valence electrons. The molecule has 28 heavy (non-hydrogen) atoms. The highest BCUT2D eigenvalue weighted by molar-refractivity contribution is 5.67. The molecule has 0 bridgehead atoms. The summed E-state index contributed by atoms with van der Waals surface area (Å²) in [6, 6.07) is 17.8. The smallest absolute Gasteiger partial charge is 0.407 e. The third-order valence-corrected chi connectivity index (χ3v) is 4.58. The van der Waals surface area contributed by atoms with Crippen molar-refractivity contribution in [2.45, 2.75) is 51.9 Å². The average Bonchev–Trinajstić information content (AvgIpc) is 2.72. The topological polar surface area (TPSA) is 56.8 Å². The van der Waals surface area contributed by atoms with Crippen molar-refractivity contribution < 1.29 is 19.0 Å². The Morgan fingerprint density at radius 2 is 1.79 bits per heavy atom. The first kappa shape index (κ1) is 21.9. The number of benzene rings is 2. The molecule has 2 rings (SSSR count). The Bertz CT molecular complexity index is 705. The number of aryl methyl sites for hydroxylation is 1. The summed E-state index contributed by atoms with van der Waals surface area (Å²) in [5.74, 6) is 0. The summed E-state index contributed by atoms with van der Waals surface area (Å²) in [6.45, 7) is 4.71. The van der Waals surface area contributed by atoms with Crippen LogP contribution in [0, 0.1) is 6.92 Å². The van der Waals surface area contributed by atoms with Crippen LogP contribution >= 0.6 is 0 Å². The van der Waals surface area contributed by atoms with E-state index >= 15 is 0 Å². The van der Waals surface area contributed by atoms with Crippen molar-refractivity contribution in [3.05, 3.63) is 71.3 Å². The fourth-order valence-corrected chi connectivity index (χ4v) is 3.07. The number of hydrogen-bond donors (Lipinski definition) is 1. The average molecular weight is 386 g/mol. The van der Waals surface area contributed by atoms with Crippen molar-refractivity contribution in [3.63, 3.8) is 0 Å². The Morgan fingerprint density at radius 1 is 1.07 bits per heavy atom. The molecule has 0 fully saturated rings. The molecule has 0 radical (unpaired) electrons. The number of carbonyl (C=O) groups excluding carboxylic acids is 1. The van der Waals surface area contributed by atoms with E-state index in [4.69, 9.17) is 14.2 Å². The summed E-state index contributed by atoms with van der Waals surface area (Å²) in [7, 11) is 1.59. The van der Waals surface area contributed by atoms with Crippen LogP contribution in [0.2, 0.25) is 0 Å². The molecule has 2 aromatic rings. The van der Waals surface area contributed by atoms with Crippen LogP contribution in [0.5, 0.6) is 0 Å². The van der Waals surface area contributed by atoms with E-state index in [1.807, 2.05) is 61.5 Å². The van der Waals surface area contributed by atoms with E-state index < -0.39 is 12.2 Å². The summed E-state index contributed by atoms with van der Waals surface area (Å²) in [6.07, 6.45) is 1.45. The lowest BCUT2D eigenvalue weighted by Gasteiger charge is -2.28. The lowest BCUT2D eigenvalue weighted by molar-refractivity contribution is -0.118. The van der Waals surface area contributed by atoms with E-state index in [0.717, 1.165) is 36.0 Å². The molecule has 5 heteroatoms. The summed E-state index contributed by atoms with van der Waals surface area (Å²) >= 11 is 0. The molecule has 1 N–H and O–H groups in total. The van der Waals surface area contributed by atoms with E-state index in [1.54, 1.807) is 7.11 Å². The Morgan fingerprint density at radius 3 is 2.46 bits per heavy atom. The van der Waals surface area contributed by atoms with Crippen LogP contribution < -0.4 is 5.32 Å². The second-order valence-electron chi connectivity index (χ2n) is 6.78. The molecule has 2 unspecified atom stereocenters. The number of methoxy groups -OCH3 is 1. The predicted molar refractivity (Wildman–Crippen MR) is 110 cm³/mol. The van der Waals surface area contributed by atoms with Crippen LogP contribution in [0.15, 0.2) is 54.6 Å². The zero-order valence-corrected chi connectivity index (χ0v) is 17.0. The normalized spacial score (nSPS) is 13.0. The van der Waals surface area contributed by atoms with Gasteiger partial charge in [-0.2, -0.15) is 0 Å². The van der Waals surface area contributed by atoms with Crippen LogP contribution in [0.4, 0.5) is 4.79 Å². The molecule has 2 atom stereocenters. The van der Waals surface area contributed by atoms with Gasteiger partial charge >= 0.3 is 6.09 Å². The number of nitrogens with one attached hydrogen (secondary N) is 1. The van der Waals surface area contributed by atoms with Crippen LogP contribution in [-0.4, -0.2) is 26.1 Å². The van der Waals surface area contributed by atoms with E-state index in [2.05, 4.69) is 12.2 Å². The van der Waals surface area contributed by atoms with Crippen molar-refractivity contribution in [1.29, 1.82) is 0 Å². The maximum atomic E-state index is 12.5. The van der Waals surface area contributed by atoms with E-state index in [1.165, 1.54) is 0 Å². The van der Waals surface area contributed by atoms with Crippen molar-refractivity contribution >= 4 is 6.09 Å². The second kappa shape index (κ2) is 12.2.